The van der Waals surface area contributed by atoms with E-state index in [4.69, 9.17) is 9.97 Å². The molecule has 1 aromatic heterocycles. The van der Waals surface area contributed by atoms with Crippen molar-refractivity contribution in [1.29, 1.82) is 0 Å². The molecule has 0 atom stereocenters. The summed E-state index contributed by atoms with van der Waals surface area (Å²) in [5.41, 5.74) is 3.82. The van der Waals surface area contributed by atoms with Gasteiger partial charge >= 0.3 is 0 Å². The van der Waals surface area contributed by atoms with Gasteiger partial charge in [0.05, 0.1) is 5.69 Å². The van der Waals surface area contributed by atoms with Gasteiger partial charge in [0, 0.05) is 42.1 Å². The SMILES string of the molecule is CCN(CC)c1cc(-c2ccccc2)nc(SCc2ccc(C(=O)NC(C)C)cc2)n1. The highest BCUT2D eigenvalue weighted by Gasteiger charge is 2.12. The number of amides is 1. The maximum absolute atomic E-state index is 12.1. The molecule has 1 amide bonds. The Bertz CT molecular complexity index is 986. The Morgan fingerprint density at radius 2 is 1.68 bits per heavy atom. The van der Waals surface area contributed by atoms with Crippen molar-refractivity contribution in [2.75, 3.05) is 18.0 Å². The van der Waals surface area contributed by atoms with E-state index < -0.39 is 0 Å². The second-order valence-corrected chi connectivity index (χ2v) is 8.49. The van der Waals surface area contributed by atoms with Crippen LogP contribution in [0.2, 0.25) is 0 Å². The third kappa shape index (κ3) is 6.31. The van der Waals surface area contributed by atoms with Crippen molar-refractivity contribution in [3.8, 4) is 11.3 Å². The summed E-state index contributed by atoms with van der Waals surface area (Å²) in [7, 11) is 0. The number of nitrogens with zero attached hydrogens (tertiary/aromatic N) is 3. The van der Waals surface area contributed by atoms with Crippen molar-refractivity contribution in [1.82, 2.24) is 15.3 Å². The molecule has 0 aliphatic rings. The smallest absolute Gasteiger partial charge is 0.251 e. The van der Waals surface area contributed by atoms with Gasteiger partial charge in [-0.25, -0.2) is 9.97 Å². The summed E-state index contributed by atoms with van der Waals surface area (Å²) in [6.07, 6.45) is 0. The number of aromatic nitrogens is 2. The molecule has 0 unspecified atom stereocenters. The molecule has 31 heavy (non-hydrogen) atoms. The number of thioether (sulfide) groups is 1. The maximum Gasteiger partial charge on any atom is 0.251 e. The van der Waals surface area contributed by atoms with Gasteiger partial charge in [-0.3, -0.25) is 4.79 Å². The van der Waals surface area contributed by atoms with Crippen molar-refractivity contribution in [2.24, 2.45) is 0 Å². The van der Waals surface area contributed by atoms with Crippen LogP contribution in [-0.2, 0) is 5.75 Å². The number of carbonyl (C=O) groups excluding carboxylic acids is 1. The molecule has 0 spiro atoms. The van der Waals surface area contributed by atoms with E-state index in [1.54, 1.807) is 11.8 Å². The van der Waals surface area contributed by atoms with Crippen LogP contribution in [0.3, 0.4) is 0 Å². The number of rotatable bonds is 9. The average molecular weight is 435 g/mol. The molecule has 3 aromatic rings. The van der Waals surface area contributed by atoms with Crippen molar-refractivity contribution in [2.45, 2.75) is 44.6 Å². The molecular weight excluding hydrogens is 404 g/mol. The minimum atomic E-state index is -0.0445. The summed E-state index contributed by atoms with van der Waals surface area (Å²) in [4.78, 5) is 24.0. The summed E-state index contributed by atoms with van der Waals surface area (Å²) in [6, 6.07) is 20.1. The van der Waals surface area contributed by atoms with Crippen molar-refractivity contribution >= 4 is 23.5 Å². The molecule has 0 aliphatic heterocycles. The first-order valence-corrected chi connectivity index (χ1v) is 11.7. The average Bonchev–Trinajstić information content (AvgIpc) is 2.79. The molecule has 2 aromatic carbocycles. The van der Waals surface area contributed by atoms with Gasteiger partial charge < -0.3 is 10.2 Å². The zero-order valence-electron chi connectivity index (χ0n) is 18.6. The van der Waals surface area contributed by atoms with E-state index in [0.29, 0.717) is 5.56 Å². The largest absolute Gasteiger partial charge is 0.357 e. The van der Waals surface area contributed by atoms with E-state index in [1.807, 2.05) is 56.3 Å². The summed E-state index contributed by atoms with van der Waals surface area (Å²) in [5, 5.41) is 3.67. The fourth-order valence-electron chi connectivity index (χ4n) is 3.19. The van der Waals surface area contributed by atoms with E-state index in [1.165, 1.54) is 0 Å². The standard InChI is InChI=1S/C25H30N4OS/c1-5-29(6-2)23-16-22(20-10-8-7-9-11-20)27-25(28-23)31-17-19-12-14-21(15-13-19)24(30)26-18(3)4/h7-16,18H,5-6,17H2,1-4H3,(H,26,30). The molecule has 0 aliphatic carbocycles. The Morgan fingerprint density at radius 3 is 2.29 bits per heavy atom. The Labute approximate surface area is 189 Å². The topological polar surface area (TPSA) is 58.1 Å². The molecule has 3 rings (SSSR count). The second-order valence-electron chi connectivity index (χ2n) is 7.55. The van der Waals surface area contributed by atoms with Crippen LogP contribution < -0.4 is 10.2 Å². The predicted molar refractivity (Wildman–Crippen MR) is 130 cm³/mol. The third-order valence-corrected chi connectivity index (χ3v) is 5.77. The van der Waals surface area contributed by atoms with Crippen LogP contribution in [-0.4, -0.2) is 35.0 Å². The van der Waals surface area contributed by atoms with Gasteiger partial charge in [0.15, 0.2) is 5.16 Å². The Balaban J connectivity index is 1.79. The lowest BCUT2D eigenvalue weighted by molar-refractivity contribution is 0.0943. The van der Waals surface area contributed by atoms with Crippen LogP contribution in [0.15, 0.2) is 65.8 Å². The van der Waals surface area contributed by atoms with Crippen LogP contribution in [0.4, 0.5) is 5.82 Å². The first-order valence-electron chi connectivity index (χ1n) is 10.7. The highest BCUT2D eigenvalue weighted by atomic mass is 32.2. The quantitative estimate of drug-likeness (QED) is 0.360. The molecule has 0 saturated carbocycles. The molecule has 0 radical (unpaired) electrons. The van der Waals surface area contributed by atoms with Crippen LogP contribution in [0.5, 0.6) is 0 Å². The zero-order valence-corrected chi connectivity index (χ0v) is 19.4. The summed E-state index contributed by atoms with van der Waals surface area (Å²) in [5.74, 6) is 1.64. The maximum atomic E-state index is 12.1. The monoisotopic (exact) mass is 434 g/mol. The molecule has 0 fully saturated rings. The third-order valence-electron chi connectivity index (χ3n) is 4.85. The van der Waals surface area contributed by atoms with Crippen LogP contribution in [0.25, 0.3) is 11.3 Å². The molecule has 1 heterocycles. The molecule has 0 bridgehead atoms. The van der Waals surface area contributed by atoms with E-state index in [0.717, 1.165) is 46.6 Å². The molecular formula is C25H30N4OS. The lowest BCUT2D eigenvalue weighted by Crippen LogP contribution is -2.29. The van der Waals surface area contributed by atoms with Gasteiger partial charge in [0.2, 0.25) is 0 Å². The minimum absolute atomic E-state index is 0.0445. The van der Waals surface area contributed by atoms with E-state index >= 15 is 0 Å². The highest BCUT2D eigenvalue weighted by Crippen LogP contribution is 2.27. The van der Waals surface area contributed by atoms with Crippen molar-refractivity contribution in [3.05, 3.63) is 71.8 Å². The lowest BCUT2D eigenvalue weighted by atomic mass is 10.1. The van der Waals surface area contributed by atoms with Gasteiger partial charge in [-0.1, -0.05) is 54.2 Å². The molecule has 0 saturated heterocycles. The van der Waals surface area contributed by atoms with Crippen LogP contribution in [0, 0.1) is 0 Å². The fraction of sp³-hybridized carbons (Fsp3) is 0.320. The molecule has 6 heteroatoms. The number of benzene rings is 2. The second kappa shape index (κ2) is 11.0. The summed E-state index contributed by atoms with van der Waals surface area (Å²) < 4.78 is 0. The number of nitrogens with one attached hydrogen (secondary N) is 1. The first-order chi connectivity index (χ1) is 15.0. The minimum Gasteiger partial charge on any atom is -0.357 e. The lowest BCUT2D eigenvalue weighted by Gasteiger charge is -2.21. The van der Waals surface area contributed by atoms with Crippen molar-refractivity contribution in [3.63, 3.8) is 0 Å². The number of hydrogen-bond donors (Lipinski definition) is 1. The predicted octanol–water partition coefficient (Wildman–Crippen LogP) is 5.42. The Morgan fingerprint density at radius 1 is 1.00 bits per heavy atom. The number of anilines is 1. The summed E-state index contributed by atoms with van der Waals surface area (Å²) >= 11 is 1.61. The van der Waals surface area contributed by atoms with Crippen molar-refractivity contribution < 1.29 is 4.79 Å². The van der Waals surface area contributed by atoms with E-state index in [9.17, 15) is 4.79 Å². The first kappa shape index (κ1) is 22.8. The van der Waals surface area contributed by atoms with E-state index in [2.05, 4.69) is 42.3 Å². The van der Waals surface area contributed by atoms with Gasteiger partial charge in [-0.2, -0.15) is 0 Å². The fourth-order valence-corrected chi connectivity index (χ4v) is 4.00. The zero-order chi connectivity index (χ0) is 22.2. The number of carbonyl (C=O) groups is 1. The Kier molecular flexibility index (Phi) is 8.06. The Hall–Kier alpha value is -2.86. The molecule has 162 valence electrons. The van der Waals surface area contributed by atoms with Crippen LogP contribution in [0.1, 0.15) is 43.6 Å². The normalized spacial score (nSPS) is 10.9. The van der Waals surface area contributed by atoms with Gasteiger partial charge in [-0.05, 0) is 45.4 Å². The van der Waals surface area contributed by atoms with Crippen LogP contribution >= 0.6 is 11.8 Å². The van der Waals surface area contributed by atoms with Gasteiger partial charge in [0.1, 0.15) is 5.82 Å². The summed E-state index contributed by atoms with van der Waals surface area (Å²) in [6.45, 7) is 9.98. The molecule has 1 N–H and O–H groups in total. The highest BCUT2D eigenvalue weighted by molar-refractivity contribution is 7.98. The number of hydrogen-bond acceptors (Lipinski definition) is 5. The molecule has 5 nitrogen and oxygen atoms in total. The van der Waals surface area contributed by atoms with E-state index in [-0.39, 0.29) is 11.9 Å². The van der Waals surface area contributed by atoms with Gasteiger partial charge in [0.25, 0.3) is 5.91 Å². The van der Waals surface area contributed by atoms with Gasteiger partial charge in [-0.15, -0.1) is 0 Å².